The van der Waals surface area contributed by atoms with Crippen molar-refractivity contribution in [2.45, 2.75) is 69.2 Å². The minimum atomic E-state index is -3.53. The summed E-state index contributed by atoms with van der Waals surface area (Å²) in [5.74, 6) is -1.10. The summed E-state index contributed by atoms with van der Waals surface area (Å²) in [4.78, 5) is 46.2. The number of rotatable bonds is 9. The van der Waals surface area contributed by atoms with Crippen LogP contribution in [0.1, 0.15) is 35.6 Å². The Morgan fingerprint density at radius 3 is 2.43 bits per heavy atom. The molecule has 3 aliphatic rings. The van der Waals surface area contributed by atoms with Crippen LogP contribution in [0.2, 0.25) is 18.6 Å². The zero-order valence-electron chi connectivity index (χ0n) is 28.8. The Bertz CT molecular complexity index is 1980. The van der Waals surface area contributed by atoms with E-state index in [1.165, 1.54) is 0 Å². The fraction of sp³-hybridized carbons (Fsp3) is 0.325. The first-order chi connectivity index (χ1) is 24.5. The average Bonchev–Trinajstić information content (AvgIpc) is 3.54. The summed E-state index contributed by atoms with van der Waals surface area (Å²) in [6.07, 6.45) is 0.348. The SMILES string of the molecule is C[C@H]1[C@H]([Si](C)(C)F)[C@@H](CC(=O)N2Cc3ccccc3C[C@H]2CO)O[C@]12C(=O)N(Cc1cccc(N(C=O)c3ccccc3)c1)c1ccc(Br)cc12. The van der Waals surface area contributed by atoms with E-state index in [9.17, 15) is 19.5 Å². The molecule has 5 atom stereocenters. The molecule has 3 aliphatic heterocycles. The van der Waals surface area contributed by atoms with Crippen molar-refractivity contribution in [2.75, 3.05) is 16.4 Å². The largest absolute Gasteiger partial charge is 0.394 e. The summed E-state index contributed by atoms with van der Waals surface area (Å²) in [6.45, 7) is 5.48. The summed E-state index contributed by atoms with van der Waals surface area (Å²) < 4.78 is 24.1. The van der Waals surface area contributed by atoms with Crippen LogP contribution in [0.3, 0.4) is 0 Å². The molecule has 0 unspecified atom stereocenters. The topological polar surface area (TPSA) is 90.4 Å². The smallest absolute Gasteiger partial charge is 0.264 e. The first-order valence-electron chi connectivity index (χ1n) is 17.3. The van der Waals surface area contributed by atoms with Crippen molar-refractivity contribution in [3.8, 4) is 0 Å². The molecule has 3 heterocycles. The number of carbonyl (C=O) groups excluding carboxylic acids is 3. The quantitative estimate of drug-likeness (QED) is 0.109. The molecule has 0 bridgehead atoms. The minimum absolute atomic E-state index is 0.102. The number of ether oxygens (including phenoxy) is 1. The Labute approximate surface area is 307 Å². The summed E-state index contributed by atoms with van der Waals surface area (Å²) >= 11 is 3.59. The molecule has 8 nitrogen and oxygen atoms in total. The molecule has 51 heavy (non-hydrogen) atoms. The third kappa shape index (κ3) is 6.24. The van der Waals surface area contributed by atoms with Gasteiger partial charge in [0.25, 0.3) is 5.91 Å². The highest BCUT2D eigenvalue weighted by Crippen LogP contribution is 2.60. The molecule has 0 radical (unpaired) electrons. The third-order valence-electron chi connectivity index (χ3n) is 10.9. The number of aliphatic hydroxyl groups excluding tert-OH is 1. The lowest BCUT2D eigenvalue weighted by Crippen LogP contribution is -2.48. The van der Waals surface area contributed by atoms with E-state index >= 15 is 4.11 Å². The lowest BCUT2D eigenvalue weighted by Gasteiger charge is -2.37. The van der Waals surface area contributed by atoms with Gasteiger partial charge in [0, 0.05) is 39.4 Å². The lowest BCUT2D eigenvalue weighted by molar-refractivity contribution is -0.151. The molecule has 0 saturated carbocycles. The monoisotopic (exact) mass is 769 g/mol. The van der Waals surface area contributed by atoms with E-state index < -0.39 is 37.6 Å². The van der Waals surface area contributed by atoms with Gasteiger partial charge in [0.15, 0.2) is 5.60 Å². The Kier molecular flexibility index (Phi) is 9.51. The maximum absolute atomic E-state index is 16.5. The van der Waals surface area contributed by atoms with Crippen molar-refractivity contribution >= 4 is 59.6 Å². The number of amides is 3. The van der Waals surface area contributed by atoms with Crippen LogP contribution in [0.15, 0.2) is 102 Å². The Morgan fingerprint density at radius 2 is 1.73 bits per heavy atom. The molecule has 4 aromatic carbocycles. The molecule has 1 saturated heterocycles. The fourth-order valence-corrected chi connectivity index (χ4v) is 11.4. The number of halogens is 2. The van der Waals surface area contributed by atoms with Gasteiger partial charge in [-0.05, 0) is 78.7 Å². The zero-order valence-corrected chi connectivity index (χ0v) is 31.4. The molecule has 0 aliphatic carbocycles. The van der Waals surface area contributed by atoms with Crippen molar-refractivity contribution in [1.29, 1.82) is 0 Å². The number of hydrogen-bond donors (Lipinski definition) is 1. The molecule has 7 rings (SSSR count). The predicted molar refractivity (Wildman–Crippen MR) is 201 cm³/mol. The summed E-state index contributed by atoms with van der Waals surface area (Å²) in [7, 11) is -3.53. The molecule has 4 aromatic rings. The molecule has 11 heteroatoms. The van der Waals surface area contributed by atoms with E-state index in [1.807, 2.05) is 104 Å². The van der Waals surface area contributed by atoms with Crippen LogP contribution in [-0.2, 0) is 44.2 Å². The van der Waals surface area contributed by atoms with Crippen LogP contribution in [0, 0.1) is 5.92 Å². The van der Waals surface area contributed by atoms with Gasteiger partial charge in [-0.15, -0.1) is 0 Å². The van der Waals surface area contributed by atoms with Gasteiger partial charge in [0.2, 0.25) is 20.7 Å². The van der Waals surface area contributed by atoms with Crippen LogP contribution < -0.4 is 9.80 Å². The second-order valence-electron chi connectivity index (χ2n) is 14.3. The number of fused-ring (bicyclic) bond motifs is 3. The lowest BCUT2D eigenvalue weighted by atomic mass is 9.82. The van der Waals surface area contributed by atoms with Crippen molar-refractivity contribution in [3.63, 3.8) is 0 Å². The summed E-state index contributed by atoms with van der Waals surface area (Å²) in [5, 5.41) is 10.3. The highest BCUT2D eigenvalue weighted by atomic mass is 79.9. The summed E-state index contributed by atoms with van der Waals surface area (Å²) in [6, 6.07) is 29.9. The molecular weight excluding hydrogens is 729 g/mol. The van der Waals surface area contributed by atoms with Gasteiger partial charge in [-0.1, -0.05) is 77.5 Å². The second kappa shape index (κ2) is 13.8. The van der Waals surface area contributed by atoms with Gasteiger partial charge < -0.3 is 23.8 Å². The maximum atomic E-state index is 16.5. The minimum Gasteiger partial charge on any atom is -0.394 e. The number of hydrogen-bond acceptors (Lipinski definition) is 5. The molecule has 1 spiro atoms. The van der Waals surface area contributed by atoms with Crippen LogP contribution in [-0.4, -0.2) is 55.4 Å². The zero-order chi connectivity index (χ0) is 36.1. The molecule has 3 amide bonds. The highest BCUT2D eigenvalue weighted by molar-refractivity contribution is 9.10. The van der Waals surface area contributed by atoms with Crippen LogP contribution >= 0.6 is 15.9 Å². The number of carbonyl (C=O) groups is 3. The molecule has 1 N–H and O–H groups in total. The van der Waals surface area contributed by atoms with E-state index in [0.29, 0.717) is 35.6 Å². The second-order valence-corrected chi connectivity index (χ2v) is 19.1. The van der Waals surface area contributed by atoms with Crippen molar-refractivity contribution in [1.82, 2.24) is 4.90 Å². The summed E-state index contributed by atoms with van der Waals surface area (Å²) in [5.41, 5.74) is 3.43. The van der Waals surface area contributed by atoms with Gasteiger partial charge in [-0.2, -0.15) is 0 Å². The average molecular weight is 771 g/mol. The van der Waals surface area contributed by atoms with Crippen molar-refractivity contribution in [3.05, 3.63) is 124 Å². The van der Waals surface area contributed by atoms with Gasteiger partial charge in [-0.3, -0.25) is 19.3 Å². The van der Waals surface area contributed by atoms with Crippen LogP contribution in [0.25, 0.3) is 0 Å². The first-order valence-corrected chi connectivity index (χ1v) is 21.1. The van der Waals surface area contributed by atoms with Gasteiger partial charge in [-0.25, -0.2) is 0 Å². The first kappa shape index (κ1) is 35.2. The third-order valence-corrected chi connectivity index (χ3v) is 13.8. The van der Waals surface area contributed by atoms with Gasteiger partial charge in [0.1, 0.15) is 0 Å². The maximum Gasteiger partial charge on any atom is 0.264 e. The van der Waals surface area contributed by atoms with Gasteiger partial charge >= 0.3 is 0 Å². The number of nitrogens with zero attached hydrogens (tertiary/aromatic N) is 3. The van der Waals surface area contributed by atoms with E-state index in [4.69, 9.17) is 4.74 Å². The number of anilines is 3. The predicted octanol–water partition coefficient (Wildman–Crippen LogP) is 7.40. The van der Waals surface area contributed by atoms with E-state index in [1.54, 1.807) is 27.8 Å². The molecular formula is C40H41BrFN3O5Si. The highest BCUT2D eigenvalue weighted by Gasteiger charge is 2.67. The van der Waals surface area contributed by atoms with E-state index in [0.717, 1.165) is 27.6 Å². The van der Waals surface area contributed by atoms with Crippen LogP contribution in [0.5, 0.6) is 0 Å². The molecule has 1 fully saturated rings. The van der Waals surface area contributed by atoms with Gasteiger partial charge in [0.05, 0.1) is 37.4 Å². The van der Waals surface area contributed by atoms with Crippen molar-refractivity contribution < 1.29 is 28.3 Å². The normalized spacial score (nSPS) is 24.1. The number of benzene rings is 4. The van der Waals surface area contributed by atoms with Crippen molar-refractivity contribution in [2.24, 2.45) is 5.92 Å². The number of aliphatic hydroxyl groups is 1. The van der Waals surface area contributed by atoms with E-state index in [2.05, 4.69) is 15.9 Å². The fourth-order valence-electron chi connectivity index (χ4n) is 8.55. The Hall–Kier alpha value is -4.16. The van der Waals surface area contributed by atoms with E-state index in [-0.39, 0.29) is 31.4 Å². The number of para-hydroxylation sites is 1. The Morgan fingerprint density at radius 1 is 1.02 bits per heavy atom. The molecule has 264 valence electrons. The Balaban J connectivity index is 1.22. The molecule has 0 aromatic heterocycles. The van der Waals surface area contributed by atoms with Crippen LogP contribution in [0.4, 0.5) is 21.2 Å². The standard InChI is InChI=1S/C40H41BrFN3O5Si/c1-26-38(51(2,3)42)36(21-37(48)43-23-29-12-8-7-11-28(29)19-33(43)24-46)50-40(26)34-20-30(41)16-17-35(34)44(39(40)49)22-27-10-9-15-32(18-27)45(25-47)31-13-5-4-6-14-31/h4-18,20,25-26,33,36,38,46H,19,21-24H2,1-3H3/t26-,33-,36+,38-,40+/m0/s1.